The van der Waals surface area contributed by atoms with E-state index in [1.807, 2.05) is 18.2 Å². The van der Waals surface area contributed by atoms with Crippen LogP contribution in [-0.2, 0) is 19.4 Å². The second-order valence-corrected chi connectivity index (χ2v) is 7.69. The molecule has 156 valence electrons. The summed E-state index contributed by atoms with van der Waals surface area (Å²) in [6.45, 7) is 0.144. The third-order valence-electron chi connectivity index (χ3n) is 5.72. The van der Waals surface area contributed by atoms with Crippen LogP contribution in [0.2, 0.25) is 0 Å². The molecule has 5 heteroatoms. The van der Waals surface area contributed by atoms with E-state index >= 15 is 0 Å². The van der Waals surface area contributed by atoms with Crippen molar-refractivity contribution in [3.63, 3.8) is 0 Å². The first-order valence-corrected chi connectivity index (χ1v) is 10.3. The van der Waals surface area contributed by atoms with Crippen molar-refractivity contribution in [1.29, 1.82) is 5.26 Å². The van der Waals surface area contributed by atoms with E-state index in [9.17, 15) is 14.0 Å². The topological polar surface area (TPSA) is 45.9 Å². The van der Waals surface area contributed by atoms with Gasteiger partial charge in [-0.25, -0.2) is 13.8 Å². The first-order valence-electron chi connectivity index (χ1n) is 10.3. The lowest BCUT2D eigenvalue weighted by Gasteiger charge is -2.24. The molecule has 1 aromatic heterocycles. The van der Waals surface area contributed by atoms with Crippen LogP contribution in [0.25, 0.3) is 22.4 Å². The SMILES string of the molecule is N#Cc1c(OCc2ccc(F)cc2)nc2c(c1-c1ccc(F)cc1)CCc1ccccc1-2. The minimum absolute atomic E-state index is 0.144. The van der Waals surface area contributed by atoms with Crippen LogP contribution in [0.5, 0.6) is 5.88 Å². The maximum Gasteiger partial charge on any atom is 0.233 e. The monoisotopic (exact) mass is 424 g/mol. The van der Waals surface area contributed by atoms with Crippen molar-refractivity contribution in [2.75, 3.05) is 0 Å². The Kier molecular flexibility index (Phi) is 5.12. The molecule has 0 aliphatic heterocycles. The van der Waals surface area contributed by atoms with Gasteiger partial charge in [0.2, 0.25) is 5.88 Å². The predicted octanol–water partition coefficient (Wildman–Crippen LogP) is 6.24. The number of aromatic nitrogens is 1. The van der Waals surface area contributed by atoms with E-state index in [0.717, 1.165) is 46.4 Å². The van der Waals surface area contributed by atoms with Gasteiger partial charge in [0.1, 0.15) is 29.9 Å². The molecule has 1 heterocycles. The van der Waals surface area contributed by atoms with Crippen LogP contribution in [0.4, 0.5) is 8.78 Å². The Labute approximate surface area is 184 Å². The number of halogens is 2. The molecule has 4 aromatic rings. The Morgan fingerprint density at radius 3 is 2.28 bits per heavy atom. The minimum Gasteiger partial charge on any atom is -0.472 e. The summed E-state index contributed by atoms with van der Waals surface area (Å²) in [5, 5.41) is 10.1. The van der Waals surface area contributed by atoms with E-state index in [2.05, 4.69) is 12.1 Å². The number of benzene rings is 3. The number of nitrogens with zero attached hydrogens (tertiary/aromatic N) is 2. The molecule has 0 spiro atoms. The van der Waals surface area contributed by atoms with Crippen molar-refractivity contribution < 1.29 is 13.5 Å². The molecule has 0 saturated heterocycles. The first-order chi connectivity index (χ1) is 15.6. The van der Waals surface area contributed by atoms with Gasteiger partial charge in [-0.2, -0.15) is 5.26 Å². The molecule has 0 radical (unpaired) electrons. The Hall–Kier alpha value is -4.04. The highest BCUT2D eigenvalue weighted by Crippen LogP contribution is 2.42. The highest BCUT2D eigenvalue weighted by molar-refractivity contribution is 5.84. The van der Waals surface area contributed by atoms with Crippen molar-refractivity contribution in [3.8, 4) is 34.3 Å². The van der Waals surface area contributed by atoms with Gasteiger partial charge in [0, 0.05) is 11.1 Å². The molecular weight excluding hydrogens is 406 g/mol. The van der Waals surface area contributed by atoms with Crippen LogP contribution >= 0.6 is 0 Å². The van der Waals surface area contributed by atoms with Crippen molar-refractivity contribution in [2.45, 2.75) is 19.4 Å². The number of rotatable bonds is 4. The fourth-order valence-electron chi connectivity index (χ4n) is 4.17. The number of aryl methyl sites for hydroxylation is 1. The fourth-order valence-corrected chi connectivity index (χ4v) is 4.17. The van der Waals surface area contributed by atoms with Crippen LogP contribution < -0.4 is 4.74 Å². The number of fused-ring (bicyclic) bond motifs is 3. The van der Waals surface area contributed by atoms with Gasteiger partial charge in [-0.3, -0.25) is 0 Å². The summed E-state index contributed by atoms with van der Waals surface area (Å²) in [6.07, 6.45) is 1.55. The van der Waals surface area contributed by atoms with Crippen LogP contribution in [0.15, 0.2) is 72.8 Å². The molecule has 0 unspecified atom stereocenters. The van der Waals surface area contributed by atoms with Gasteiger partial charge in [0.05, 0.1) is 5.69 Å². The molecule has 32 heavy (non-hydrogen) atoms. The van der Waals surface area contributed by atoms with Crippen molar-refractivity contribution in [1.82, 2.24) is 4.98 Å². The molecule has 0 N–H and O–H groups in total. The number of hydrogen-bond donors (Lipinski definition) is 0. The van der Waals surface area contributed by atoms with Crippen LogP contribution in [0.1, 0.15) is 22.3 Å². The third-order valence-corrected chi connectivity index (χ3v) is 5.72. The Balaban J connectivity index is 1.68. The molecule has 0 fully saturated rings. The normalized spacial score (nSPS) is 11.9. The molecule has 0 amide bonds. The number of ether oxygens (including phenoxy) is 1. The molecule has 5 rings (SSSR count). The molecule has 1 aliphatic rings. The van der Waals surface area contributed by atoms with Gasteiger partial charge in [-0.1, -0.05) is 48.5 Å². The number of pyridine rings is 1. The fraction of sp³-hybridized carbons (Fsp3) is 0.111. The highest BCUT2D eigenvalue weighted by Gasteiger charge is 2.26. The summed E-state index contributed by atoms with van der Waals surface area (Å²) in [7, 11) is 0. The van der Waals surface area contributed by atoms with Crippen molar-refractivity contribution in [2.24, 2.45) is 0 Å². The van der Waals surface area contributed by atoms with E-state index in [0.29, 0.717) is 5.56 Å². The summed E-state index contributed by atoms with van der Waals surface area (Å²) in [6, 6.07) is 22.4. The molecule has 3 nitrogen and oxygen atoms in total. The van der Waals surface area contributed by atoms with Crippen LogP contribution in [0, 0.1) is 23.0 Å². The van der Waals surface area contributed by atoms with Gasteiger partial charge < -0.3 is 4.74 Å². The number of hydrogen-bond acceptors (Lipinski definition) is 3. The third kappa shape index (κ3) is 3.61. The first kappa shape index (κ1) is 19.9. The summed E-state index contributed by atoms with van der Waals surface area (Å²) >= 11 is 0. The summed E-state index contributed by atoms with van der Waals surface area (Å²) in [4.78, 5) is 4.77. The smallest absolute Gasteiger partial charge is 0.233 e. The summed E-state index contributed by atoms with van der Waals surface area (Å²) in [5.74, 6) is -0.450. The molecule has 0 saturated carbocycles. The quantitative estimate of drug-likeness (QED) is 0.389. The summed E-state index contributed by atoms with van der Waals surface area (Å²) < 4.78 is 32.8. The highest BCUT2D eigenvalue weighted by atomic mass is 19.1. The van der Waals surface area contributed by atoms with Gasteiger partial charge >= 0.3 is 0 Å². The zero-order valence-corrected chi connectivity index (χ0v) is 17.1. The van der Waals surface area contributed by atoms with E-state index in [1.165, 1.54) is 29.8 Å². The number of nitriles is 1. The lowest BCUT2D eigenvalue weighted by Crippen LogP contribution is -2.11. The molecule has 0 atom stereocenters. The summed E-state index contributed by atoms with van der Waals surface area (Å²) in [5.41, 5.74) is 6.48. The Morgan fingerprint density at radius 2 is 1.56 bits per heavy atom. The van der Waals surface area contributed by atoms with E-state index in [1.54, 1.807) is 24.3 Å². The van der Waals surface area contributed by atoms with Crippen LogP contribution in [0.3, 0.4) is 0 Å². The second-order valence-electron chi connectivity index (χ2n) is 7.69. The lowest BCUT2D eigenvalue weighted by molar-refractivity contribution is 0.293. The maximum absolute atomic E-state index is 13.6. The van der Waals surface area contributed by atoms with E-state index in [-0.39, 0.29) is 24.1 Å². The lowest BCUT2D eigenvalue weighted by atomic mass is 9.83. The zero-order chi connectivity index (χ0) is 22.1. The average Bonchev–Trinajstić information content (AvgIpc) is 2.83. The van der Waals surface area contributed by atoms with E-state index < -0.39 is 0 Å². The predicted molar refractivity (Wildman–Crippen MR) is 118 cm³/mol. The Bertz CT molecular complexity index is 1340. The standard InChI is InChI=1S/C27H18F2N2O/c28-20-10-5-17(6-11-20)16-32-27-24(15-30)25(19-7-12-21(29)13-8-19)23-14-9-18-3-1-2-4-22(18)26(23)31-27/h1-8,10-13H,9,14,16H2. The molecular formula is C27H18F2N2O. The van der Waals surface area contributed by atoms with Gasteiger partial charge in [-0.15, -0.1) is 0 Å². The Morgan fingerprint density at radius 1 is 0.875 bits per heavy atom. The van der Waals surface area contributed by atoms with E-state index in [4.69, 9.17) is 9.72 Å². The van der Waals surface area contributed by atoms with Gasteiger partial charge in [0.15, 0.2) is 0 Å². The second kappa shape index (κ2) is 8.24. The van der Waals surface area contributed by atoms with Crippen molar-refractivity contribution >= 4 is 0 Å². The largest absolute Gasteiger partial charge is 0.472 e. The average molecular weight is 424 g/mol. The maximum atomic E-state index is 13.6. The molecule has 0 bridgehead atoms. The van der Waals surface area contributed by atoms with Gasteiger partial charge in [-0.05, 0) is 59.4 Å². The zero-order valence-electron chi connectivity index (χ0n) is 17.1. The van der Waals surface area contributed by atoms with Crippen LogP contribution in [-0.4, -0.2) is 4.98 Å². The molecule has 3 aromatic carbocycles. The van der Waals surface area contributed by atoms with Gasteiger partial charge in [0.25, 0.3) is 0 Å². The van der Waals surface area contributed by atoms with Crippen molar-refractivity contribution in [3.05, 3.63) is 107 Å². The minimum atomic E-state index is -0.340. The molecule has 1 aliphatic carbocycles.